The first-order chi connectivity index (χ1) is 6.61. The van der Waals surface area contributed by atoms with Crippen molar-refractivity contribution in [1.82, 2.24) is 0 Å². The van der Waals surface area contributed by atoms with E-state index in [2.05, 4.69) is 13.8 Å². The van der Waals surface area contributed by atoms with Crippen LogP contribution in [0.1, 0.15) is 39.5 Å². The highest BCUT2D eigenvalue weighted by Gasteiger charge is 2.15. The summed E-state index contributed by atoms with van der Waals surface area (Å²) in [5.74, 6) is -0.103. The minimum absolute atomic E-state index is 0.436. The predicted molar refractivity (Wildman–Crippen MR) is 59.8 cm³/mol. The molecule has 0 aromatic rings. The molecule has 0 fully saturated rings. The Morgan fingerprint density at radius 1 is 1.36 bits per heavy atom. The lowest BCUT2D eigenvalue weighted by molar-refractivity contribution is -0.143. The first kappa shape index (κ1) is 14.1. The van der Waals surface area contributed by atoms with Gasteiger partial charge in [0, 0.05) is 0 Å². The third-order valence-corrected chi connectivity index (χ3v) is 2.54. The van der Waals surface area contributed by atoms with Crippen molar-refractivity contribution in [2.75, 3.05) is 6.61 Å². The second-order valence-electron chi connectivity index (χ2n) is 3.35. The summed E-state index contributed by atoms with van der Waals surface area (Å²) in [6, 6.07) is 0. The standard InChI is InChI=1S/C10H18Cl2O2/c1-3-5-6-8(4-2)7-14-10(13)9(11)12/h8-9H,3-7H2,1-2H3. The van der Waals surface area contributed by atoms with Gasteiger partial charge in [0.15, 0.2) is 0 Å². The summed E-state index contributed by atoms with van der Waals surface area (Å²) >= 11 is 10.7. The highest BCUT2D eigenvalue weighted by Crippen LogP contribution is 2.14. The van der Waals surface area contributed by atoms with Crippen molar-refractivity contribution in [1.29, 1.82) is 0 Å². The summed E-state index contributed by atoms with van der Waals surface area (Å²) in [6.45, 7) is 4.67. The highest BCUT2D eigenvalue weighted by molar-refractivity contribution is 6.52. The molecule has 0 radical (unpaired) electrons. The maximum atomic E-state index is 11.0. The van der Waals surface area contributed by atoms with Gasteiger partial charge < -0.3 is 4.74 Å². The van der Waals surface area contributed by atoms with E-state index < -0.39 is 10.8 Å². The number of halogens is 2. The van der Waals surface area contributed by atoms with Gasteiger partial charge in [0.05, 0.1) is 6.61 Å². The Balaban J connectivity index is 3.66. The van der Waals surface area contributed by atoms with Crippen LogP contribution in [0.25, 0.3) is 0 Å². The maximum Gasteiger partial charge on any atom is 0.339 e. The molecule has 0 aromatic carbocycles. The molecule has 0 bridgehead atoms. The fourth-order valence-corrected chi connectivity index (χ4v) is 1.29. The van der Waals surface area contributed by atoms with Gasteiger partial charge in [-0.25, -0.2) is 4.79 Å². The molecule has 0 aliphatic carbocycles. The van der Waals surface area contributed by atoms with Crippen molar-refractivity contribution >= 4 is 29.2 Å². The monoisotopic (exact) mass is 240 g/mol. The number of hydrogen-bond donors (Lipinski definition) is 0. The molecule has 0 saturated heterocycles. The van der Waals surface area contributed by atoms with E-state index in [4.69, 9.17) is 27.9 Å². The molecule has 84 valence electrons. The van der Waals surface area contributed by atoms with Gasteiger partial charge in [0.25, 0.3) is 0 Å². The van der Waals surface area contributed by atoms with Gasteiger partial charge in [-0.3, -0.25) is 0 Å². The van der Waals surface area contributed by atoms with Crippen molar-refractivity contribution < 1.29 is 9.53 Å². The van der Waals surface area contributed by atoms with Crippen LogP contribution < -0.4 is 0 Å². The lowest BCUT2D eigenvalue weighted by atomic mass is 10.0. The predicted octanol–water partition coefficient (Wildman–Crippen LogP) is 3.55. The van der Waals surface area contributed by atoms with Crippen LogP contribution in [-0.4, -0.2) is 17.4 Å². The second kappa shape index (κ2) is 8.37. The average Bonchev–Trinajstić information content (AvgIpc) is 2.17. The average molecular weight is 241 g/mol. The summed E-state index contributed by atoms with van der Waals surface area (Å²) in [7, 11) is 0. The van der Waals surface area contributed by atoms with Gasteiger partial charge in [-0.05, 0) is 12.3 Å². The third kappa shape index (κ3) is 6.50. The van der Waals surface area contributed by atoms with Crippen LogP contribution in [-0.2, 0) is 9.53 Å². The van der Waals surface area contributed by atoms with Crippen LogP contribution in [0.3, 0.4) is 0 Å². The smallest absolute Gasteiger partial charge is 0.339 e. The fourth-order valence-electron chi connectivity index (χ4n) is 1.16. The van der Waals surface area contributed by atoms with Gasteiger partial charge in [-0.15, -0.1) is 0 Å². The number of ether oxygens (including phenoxy) is 1. The molecule has 0 rings (SSSR count). The molecule has 2 nitrogen and oxygen atoms in total. The van der Waals surface area contributed by atoms with Crippen LogP contribution in [0, 0.1) is 5.92 Å². The Kier molecular flexibility index (Phi) is 8.40. The van der Waals surface area contributed by atoms with Crippen LogP contribution >= 0.6 is 23.2 Å². The van der Waals surface area contributed by atoms with Crippen molar-refractivity contribution in [2.24, 2.45) is 5.92 Å². The molecular weight excluding hydrogens is 223 g/mol. The van der Waals surface area contributed by atoms with E-state index in [1.165, 1.54) is 6.42 Å². The van der Waals surface area contributed by atoms with E-state index in [-0.39, 0.29) is 0 Å². The van der Waals surface area contributed by atoms with Crippen molar-refractivity contribution in [3.8, 4) is 0 Å². The van der Waals surface area contributed by atoms with Gasteiger partial charge in [-0.2, -0.15) is 0 Å². The lowest BCUT2D eigenvalue weighted by Gasteiger charge is -2.14. The number of alkyl halides is 2. The fraction of sp³-hybridized carbons (Fsp3) is 0.900. The second-order valence-corrected chi connectivity index (χ2v) is 4.44. The first-order valence-corrected chi connectivity index (χ1v) is 5.93. The number of unbranched alkanes of at least 4 members (excludes halogenated alkanes) is 1. The minimum Gasteiger partial charge on any atom is -0.463 e. The Bertz CT molecular complexity index is 160. The molecule has 0 heterocycles. The van der Waals surface area contributed by atoms with Crippen LogP contribution in [0.15, 0.2) is 0 Å². The van der Waals surface area contributed by atoms with Crippen molar-refractivity contribution in [3.05, 3.63) is 0 Å². The van der Waals surface area contributed by atoms with Gasteiger partial charge in [0.2, 0.25) is 4.84 Å². The summed E-state index contributed by atoms with van der Waals surface area (Å²) in [5.41, 5.74) is 0. The lowest BCUT2D eigenvalue weighted by Crippen LogP contribution is -2.18. The van der Waals surface area contributed by atoms with E-state index in [0.29, 0.717) is 12.5 Å². The quantitative estimate of drug-likeness (QED) is 0.503. The zero-order valence-electron chi connectivity index (χ0n) is 8.76. The number of carbonyl (C=O) groups excluding carboxylic acids is 1. The minimum atomic E-state index is -1.06. The Morgan fingerprint density at radius 2 is 2.00 bits per heavy atom. The Labute approximate surface area is 95.9 Å². The molecule has 0 spiro atoms. The molecule has 14 heavy (non-hydrogen) atoms. The third-order valence-electron chi connectivity index (χ3n) is 2.18. The molecule has 0 saturated carbocycles. The molecule has 0 aliphatic heterocycles. The molecule has 4 heteroatoms. The van der Waals surface area contributed by atoms with Crippen LogP contribution in [0.4, 0.5) is 0 Å². The number of rotatable bonds is 7. The van der Waals surface area contributed by atoms with Crippen LogP contribution in [0.5, 0.6) is 0 Å². The molecule has 0 N–H and O–H groups in total. The maximum absolute atomic E-state index is 11.0. The largest absolute Gasteiger partial charge is 0.463 e. The van der Waals surface area contributed by atoms with E-state index in [9.17, 15) is 4.79 Å². The first-order valence-electron chi connectivity index (χ1n) is 5.06. The zero-order chi connectivity index (χ0) is 11.0. The normalized spacial score (nSPS) is 12.9. The number of hydrogen-bond acceptors (Lipinski definition) is 2. The van der Waals surface area contributed by atoms with E-state index in [1.54, 1.807) is 0 Å². The topological polar surface area (TPSA) is 26.3 Å². The number of carbonyl (C=O) groups is 1. The van der Waals surface area contributed by atoms with Crippen molar-refractivity contribution in [2.45, 2.75) is 44.4 Å². The molecule has 1 atom stereocenters. The molecule has 0 amide bonds. The molecule has 1 unspecified atom stereocenters. The van der Waals surface area contributed by atoms with Crippen molar-refractivity contribution in [3.63, 3.8) is 0 Å². The summed E-state index contributed by atoms with van der Waals surface area (Å²) in [6.07, 6.45) is 4.44. The number of esters is 1. The summed E-state index contributed by atoms with van der Waals surface area (Å²) in [5, 5.41) is 0. The summed E-state index contributed by atoms with van der Waals surface area (Å²) in [4.78, 5) is 9.89. The Hall–Kier alpha value is 0.0500. The van der Waals surface area contributed by atoms with Gasteiger partial charge >= 0.3 is 5.97 Å². The highest BCUT2D eigenvalue weighted by atomic mass is 35.5. The SMILES string of the molecule is CCCCC(CC)COC(=O)C(Cl)Cl. The van der Waals surface area contributed by atoms with Gasteiger partial charge in [0.1, 0.15) is 0 Å². The molecule has 0 aliphatic rings. The zero-order valence-corrected chi connectivity index (χ0v) is 10.3. The van der Waals surface area contributed by atoms with Crippen LogP contribution in [0.2, 0.25) is 0 Å². The van der Waals surface area contributed by atoms with E-state index in [0.717, 1.165) is 19.3 Å². The molecule has 0 aromatic heterocycles. The van der Waals surface area contributed by atoms with Gasteiger partial charge in [-0.1, -0.05) is 56.3 Å². The molecular formula is C10H18Cl2O2. The van der Waals surface area contributed by atoms with E-state index in [1.807, 2.05) is 0 Å². The Morgan fingerprint density at radius 3 is 2.43 bits per heavy atom. The van der Waals surface area contributed by atoms with E-state index >= 15 is 0 Å². The summed E-state index contributed by atoms with van der Waals surface area (Å²) < 4.78 is 4.95.